The standard InChI is InChI=1S/C16H23ClN2O3/c1-10(2)9-22-16-13(17)6-11(8-19-16)7-18-15(21)12-4-3-5-14(12)20/h6,8,10,12,14,20H,3-5,7,9H2,1-2H3,(H,18,21). The van der Waals surface area contributed by atoms with Crippen LogP contribution >= 0.6 is 11.6 Å². The molecule has 1 amide bonds. The maximum atomic E-state index is 12.0. The van der Waals surface area contributed by atoms with E-state index < -0.39 is 6.10 Å². The SMILES string of the molecule is CC(C)COc1ncc(CNC(=O)C2CCCC2O)cc1Cl. The van der Waals surface area contributed by atoms with E-state index >= 15 is 0 Å². The number of amides is 1. The molecule has 0 radical (unpaired) electrons. The van der Waals surface area contributed by atoms with Gasteiger partial charge >= 0.3 is 0 Å². The van der Waals surface area contributed by atoms with E-state index in [1.807, 2.05) is 0 Å². The fourth-order valence-electron chi connectivity index (χ4n) is 2.48. The van der Waals surface area contributed by atoms with Crippen LogP contribution in [0, 0.1) is 11.8 Å². The highest BCUT2D eigenvalue weighted by atomic mass is 35.5. The smallest absolute Gasteiger partial charge is 0.232 e. The summed E-state index contributed by atoms with van der Waals surface area (Å²) in [6.45, 7) is 5.01. The number of carbonyl (C=O) groups is 1. The summed E-state index contributed by atoms with van der Waals surface area (Å²) in [7, 11) is 0. The zero-order valence-electron chi connectivity index (χ0n) is 13.0. The summed E-state index contributed by atoms with van der Waals surface area (Å²) in [5, 5.41) is 13.0. The zero-order chi connectivity index (χ0) is 16.1. The van der Waals surface area contributed by atoms with Crippen molar-refractivity contribution in [2.75, 3.05) is 6.61 Å². The number of ether oxygens (including phenoxy) is 1. The molecule has 1 aromatic rings. The third-order valence-corrected chi connectivity index (χ3v) is 3.97. The van der Waals surface area contributed by atoms with Crippen molar-refractivity contribution in [3.8, 4) is 5.88 Å². The van der Waals surface area contributed by atoms with Gasteiger partial charge in [0.2, 0.25) is 11.8 Å². The lowest BCUT2D eigenvalue weighted by Crippen LogP contribution is -2.34. The van der Waals surface area contributed by atoms with Gasteiger partial charge in [0.15, 0.2) is 0 Å². The fourth-order valence-corrected chi connectivity index (χ4v) is 2.72. The molecule has 1 aromatic heterocycles. The van der Waals surface area contributed by atoms with E-state index in [1.165, 1.54) is 0 Å². The van der Waals surface area contributed by atoms with Crippen molar-refractivity contribution < 1.29 is 14.6 Å². The summed E-state index contributed by atoms with van der Waals surface area (Å²) in [6, 6.07) is 1.75. The molecule has 1 aliphatic carbocycles. The molecule has 1 aliphatic rings. The van der Waals surface area contributed by atoms with Crippen LogP contribution < -0.4 is 10.1 Å². The van der Waals surface area contributed by atoms with Crippen molar-refractivity contribution in [3.05, 3.63) is 22.8 Å². The van der Waals surface area contributed by atoms with E-state index in [-0.39, 0.29) is 11.8 Å². The summed E-state index contributed by atoms with van der Waals surface area (Å²) in [5.74, 6) is 0.407. The molecule has 0 spiro atoms. The van der Waals surface area contributed by atoms with E-state index in [1.54, 1.807) is 12.3 Å². The Bertz CT molecular complexity index is 522. The van der Waals surface area contributed by atoms with E-state index in [0.29, 0.717) is 36.4 Å². The molecule has 1 heterocycles. The first-order chi connectivity index (χ1) is 10.5. The molecule has 5 nitrogen and oxygen atoms in total. The minimum Gasteiger partial charge on any atom is -0.476 e. The molecule has 0 aromatic carbocycles. The summed E-state index contributed by atoms with van der Waals surface area (Å²) in [4.78, 5) is 16.2. The number of hydrogen-bond acceptors (Lipinski definition) is 4. The van der Waals surface area contributed by atoms with Crippen molar-refractivity contribution in [3.63, 3.8) is 0 Å². The summed E-state index contributed by atoms with van der Waals surface area (Å²) in [5.41, 5.74) is 0.808. The molecule has 2 N–H and O–H groups in total. The highest BCUT2D eigenvalue weighted by molar-refractivity contribution is 6.31. The second-order valence-corrected chi connectivity index (χ2v) is 6.57. The second kappa shape index (κ2) is 7.79. The van der Waals surface area contributed by atoms with Gasteiger partial charge in [0.05, 0.1) is 18.6 Å². The predicted molar refractivity (Wildman–Crippen MR) is 84.8 cm³/mol. The Morgan fingerprint density at radius 3 is 2.91 bits per heavy atom. The summed E-state index contributed by atoms with van der Waals surface area (Å²) < 4.78 is 5.51. The highest BCUT2D eigenvalue weighted by Gasteiger charge is 2.31. The van der Waals surface area contributed by atoms with Crippen molar-refractivity contribution in [2.45, 2.75) is 45.8 Å². The lowest BCUT2D eigenvalue weighted by atomic mass is 10.1. The maximum Gasteiger partial charge on any atom is 0.232 e. The van der Waals surface area contributed by atoms with Crippen molar-refractivity contribution in [2.24, 2.45) is 11.8 Å². The van der Waals surface area contributed by atoms with E-state index in [2.05, 4.69) is 24.1 Å². The Morgan fingerprint density at radius 2 is 2.32 bits per heavy atom. The quantitative estimate of drug-likeness (QED) is 0.842. The monoisotopic (exact) mass is 326 g/mol. The molecule has 6 heteroatoms. The van der Waals surface area contributed by atoms with Gasteiger partial charge in [-0.3, -0.25) is 4.79 Å². The third kappa shape index (κ3) is 4.58. The first kappa shape index (κ1) is 17.0. The van der Waals surface area contributed by atoms with E-state index in [4.69, 9.17) is 16.3 Å². The Hall–Kier alpha value is -1.33. The number of halogens is 1. The van der Waals surface area contributed by atoms with Crippen LogP contribution in [-0.2, 0) is 11.3 Å². The molecule has 0 bridgehead atoms. The van der Waals surface area contributed by atoms with Crippen LogP contribution in [0.3, 0.4) is 0 Å². The van der Waals surface area contributed by atoms with Gasteiger partial charge in [-0.1, -0.05) is 25.4 Å². The summed E-state index contributed by atoms with van der Waals surface area (Å²) >= 11 is 6.14. The molecule has 1 fully saturated rings. The fraction of sp³-hybridized carbons (Fsp3) is 0.625. The molecule has 22 heavy (non-hydrogen) atoms. The van der Waals surface area contributed by atoms with Gasteiger partial charge in [-0.2, -0.15) is 0 Å². The minimum atomic E-state index is -0.520. The third-order valence-electron chi connectivity index (χ3n) is 3.70. The first-order valence-electron chi connectivity index (χ1n) is 7.70. The van der Waals surface area contributed by atoms with Gasteiger partial charge in [-0.15, -0.1) is 0 Å². The number of nitrogens with one attached hydrogen (secondary N) is 1. The number of carbonyl (C=O) groups excluding carboxylic acids is 1. The Balaban J connectivity index is 1.88. The highest BCUT2D eigenvalue weighted by Crippen LogP contribution is 2.26. The summed E-state index contributed by atoms with van der Waals surface area (Å²) in [6.07, 6.45) is 3.47. The molecule has 2 unspecified atom stereocenters. The minimum absolute atomic E-state index is 0.110. The average Bonchev–Trinajstić information content (AvgIpc) is 2.90. The van der Waals surface area contributed by atoms with Crippen LogP contribution in [0.15, 0.2) is 12.3 Å². The van der Waals surface area contributed by atoms with Crippen LogP contribution in [0.5, 0.6) is 5.88 Å². The van der Waals surface area contributed by atoms with Crippen molar-refractivity contribution >= 4 is 17.5 Å². The number of aliphatic hydroxyl groups is 1. The second-order valence-electron chi connectivity index (χ2n) is 6.16. The molecular formula is C16H23ClN2O3. The van der Waals surface area contributed by atoms with Gasteiger partial charge in [-0.05, 0) is 36.8 Å². The molecule has 122 valence electrons. The topological polar surface area (TPSA) is 71.5 Å². The lowest BCUT2D eigenvalue weighted by molar-refractivity contribution is -0.127. The normalized spacial score (nSPS) is 21.1. The number of pyridine rings is 1. The molecular weight excluding hydrogens is 304 g/mol. The molecule has 2 atom stereocenters. The first-order valence-corrected chi connectivity index (χ1v) is 8.08. The Morgan fingerprint density at radius 1 is 1.55 bits per heavy atom. The van der Waals surface area contributed by atoms with Gasteiger partial charge in [0, 0.05) is 12.7 Å². The van der Waals surface area contributed by atoms with E-state index in [0.717, 1.165) is 18.4 Å². The van der Waals surface area contributed by atoms with Crippen LogP contribution in [0.1, 0.15) is 38.7 Å². The number of aromatic nitrogens is 1. The number of hydrogen-bond donors (Lipinski definition) is 2. The largest absolute Gasteiger partial charge is 0.476 e. The lowest BCUT2D eigenvalue weighted by Gasteiger charge is -2.15. The molecule has 2 rings (SSSR count). The Kier molecular flexibility index (Phi) is 6.03. The Labute approximate surface area is 136 Å². The van der Waals surface area contributed by atoms with Crippen molar-refractivity contribution in [1.82, 2.24) is 10.3 Å². The number of aliphatic hydroxyl groups excluding tert-OH is 1. The zero-order valence-corrected chi connectivity index (χ0v) is 13.8. The maximum absolute atomic E-state index is 12.0. The predicted octanol–water partition coefficient (Wildman–Crippen LogP) is 2.55. The van der Waals surface area contributed by atoms with Crippen LogP contribution in [0.25, 0.3) is 0 Å². The van der Waals surface area contributed by atoms with Crippen molar-refractivity contribution in [1.29, 1.82) is 0 Å². The van der Waals surface area contributed by atoms with Crippen LogP contribution in [0.2, 0.25) is 5.02 Å². The van der Waals surface area contributed by atoms with Crippen LogP contribution in [-0.4, -0.2) is 28.7 Å². The van der Waals surface area contributed by atoms with E-state index in [9.17, 15) is 9.90 Å². The van der Waals surface area contributed by atoms with Gasteiger partial charge in [0.25, 0.3) is 0 Å². The van der Waals surface area contributed by atoms with Crippen LogP contribution in [0.4, 0.5) is 0 Å². The van der Waals surface area contributed by atoms with Gasteiger partial charge < -0.3 is 15.2 Å². The van der Waals surface area contributed by atoms with Gasteiger partial charge in [-0.25, -0.2) is 4.98 Å². The average molecular weight is 327 g/mol. The van der Waals surface area contributed by atoms with Gasteiger partial charge in [0.1, 0.15) is 5.02 Å². The molecule has 1 saturated carbocycles. The molecule has 0 aliphatic heterocycles. The number of nitrogens with zero attached hydrogens (tertiary/aromatic N) is 1. The molecule has 0 saturated heterocycles. The number of rotatable bonds is 6.